The van der Waals surface area contributed by atoms with Crippen molar-refractivity contribution in [2.24, 2.45) is 0 Å². The third-order valence-electron chi connectivity index (χ3n) is 3.23. The molecule has 0 radical (unpaired) electrons. The van der Waals surface area contributed by atoms with Crippen molar-refractivity contribution in [1.29, 1.82) is 0 Å². The van der Waals surface area contributed by atoms with Crippen LogP contribution in [0.4, 0.5) is 0 Å². The van der Waals surface area contributed by atoms with Gasteiger partial charge in [0.05, 0.1) is 29.7 Å². The number of aromatic nitrogens is 4. The van der Waals surface area contributed by atoms with E-state index < -0.39 is 0 Å². The molecule has 1 aromatic carbocycles. The number of H-pyrrole nitrogens is 1. The fraction of sp³-hybridized carbons (Fsp3) is 0.133. The topological polar surface area (TPSA) is 75.6 Å². The summed E-state index contributed by atoms with van der Waals surface area (Å²) in [6, 6.07) is 9.55. The van der Waals surface area contributed by atoms with E-state index in [-0.39, 0.29) is 11.9 Å². The van der Waals surface area contributed by atoms with E-state index in [9.17, 15) is 4.79 Å². The first kappa shape index (κ1) is 13.1. The van der Waals surface area contributed by atoms with E-state index >= 15 is 0 Å². The third kappa shape index (κ3) is 2.84. The summed E-state index contributed by atoms with van der Waals surface area (Å²) in [5.74, 6) is -0.161. The Morgan fingerprint density at radius 2 is 2.10 bits per heavy atom. The number of benzene rings is 1. The standard InChI is InChI=1S/C15H15N5O/c1-11(12-7-16-17-8-12)19-15(21)13-9-18-20(10-13)14-5-3-2-4-6-14/h2-11H,1H3,(H,16,17)(H,19,21). The molecule has 0 aliphatic rings. The number of amides is 1. The molecule has 3 aromatic rings. The molecule has 0 aliphatic carbocycles. The number of hydrogen-bond donors (Lipinski definition) is 2. The van der Waals surface area contributed by atoms with Crippen LogP contribution >= 0.6 is 0 Å². The normalized spacial score (nSPS) is 12.0. The van der Waals surface area contributed by atoms with Crippen LogP contribution in [-0.4, -0.2) is 25.9 Å². The van der Waals surface area contributed by atoms with Crippen LogP contribution in [0.3, 0.4) is 0 Å². The van der Waals surface area contributed by atoms with E-state index in [2.05, 4.69) is 20.6 Å². The second-order valence-electron chi connectivity index (χ2n) is 4.74. The Bertz CT molecular complexity index is 718. The predicted octanol–water partition coefficient (Wildman–Crippen LogP) is 2.09. The van der Waals surface area contributed by atoms with Crippen LogP contribution in [0.2, 0.25) is 0 Å². The average Bonchev–Trinajstić information content (AvgIpc) is 3.20. The molecule has 106 valence electrons. The number of aromatic amines is 1. The van der Waals surface area contributed by atoms with Gasteiger partial charge in [-0.15, -0.1) is 0 Å². The van der Waals surface area contributed by atoms with E-state index in [1.807, 2.05) is 37.3 Å². The van der Waals surface area contributed by atoms with Crippen molar-refractivity contribution in [3.8, 4) is 5.69 Å². The molecule has 2 N–H and O–H groups in total. The predicted molar refractivity (Wildman–Crippen MR) is 78.0 cm³/mol. The molecule has 6 nitrogen and oxygen atoms in total. The van der Waals surface area contributed by atoms with Crippen LogP contribution in [-0.2, 0) is 0 Å². The summed E-state index contributed by atoms with van der Waals surface area (Å²) in [6.07, 6.45) is 6.73. The van der Waals surface area contributed by atoms with Gasteiger partial charge in [-0.3, -0.25) is 9.89 Å². The third-order valence-corrected chi connectivity index (χ3v) is 3.23. The molecule has 6 heteroatoms. The monoisotopic (exact) mass is 281 g/mol. The van der Waals surface area contributed by atoms with Crippen molar-refractivity contribution in [3.05, 3.63) is 66.2 Å². The zero-order valence-electron chi connectivity index (χ0n) is 11.5. The Hall–Kier alpha value is -2.89. The van der Waals surface area contributed by atoms with Crippen LogP contribution in [0.15, 0.2) is 55.1 Å². The van der Waals surface area contributed by atoms with Gasteiger partial charge in [-0.25, -0.2) is 4.68 Å². The van der Waals surface area contributed by atoms with Crippen molar-refractivity contribution in [2.45, 2.75) is 13.0 Å². The minimum absolute atomic E-state index is 0.115. The van der Waals surface area contributed by atoms with Gasteiger partial charge in [-0.2, -0.15) is 10.2 Å². The van der Waals surface area contributed by atoms with Gasteiger partial charge in [0.15, 0.2) is 0 Å². The van der Waals surface area contributed by atoms with Gasteiger partial charge >= 0.3 is 0 Å². The van der Waals surface area contributed by atoms with Crippen molar-refractivity contribution >= 4 is 5.91 Å². The summed E-state index contributed by atoms with van der Waals surface area (Å²) in [6.45, 7) is 1.91. The Morgan fingerprint density at radius 3 is 2.81 bits per heavy atom. The molecule has 1 unspecified atom stereocenters. The summed E-state index contributed by atoms with van der Waals surface area (Å²) >= 11 is 0. The van der Waals surface area contributed by atoms with E-state index in [1.165, 1.54) is 0 Å². The lowest BCUT2D eigenvalue weighted by Crippen LogP contribution is -2.26. The molecule has 1 atom stereocenters. The lowest BCUT2D eigenvalue weighted by molar-refractivity contribution is 0.0940. The minimum atomic E-state index is -0.161. The lowest BCUT2D eigenvalue weighted by atomic mass is 10.2. The SMILES string of the molecule is CC(NC(=O)c1cnn(-c2ccccc2)c1)c1cn[nH]c1. The van der Waals surface area contributed by atoms with Gasteiger partial charge in [-0.05, 0) is 19.1 Å². The summed E-state index contributed by atoms with van der Waals surface area (Å²) in [5, 5.41) is 13.7. The van der Waals surface area contributed by atoms with Crippen LogP contribution < -0.4 is 5.32 Å². The van der Waals surface area contributed by atoms with E-state index in [1.54, 1.807) is 29.5 Å². The fourth-order valence-electron chi connectivity index (χ4n) is 2.02. The number of carbonyl (C=O) groups excluding carboxylic acids is 1. The van der Waals surface area contributed by atoms with Crippen molar-refractivity contribution < 1.29 is 4.79 Å². The first-order valence-corrected chi connectivity index (χ1v) is 6.63. The molecular weight excluding hydrogens is 266 g/mol. The van der Waals surface area contributed by atoms with Gasteiger partial charge in [0.25, 0.3) is 5.91 Å². The van der Waals surface area contributed by atoms with E-state index in [0.29, 0.717) is 5.56 Å². The summed E-state index contributed by atoms with van der Waals surface area (Å²) in [4.78, 5) is 12.2. The van der Waals surface area contributed by atoms with Gasteiger partial charge < -0.3 is 5.32 Å². The zero-order chi connectivity index (χ0) is 14.7. The quantitative estimate of drug-likeness (QED) is 0.769. The number of nitrogens with zero attached hydrogens (tertiary/aromatic N) is 3. The van der Waals surface area contributed by atoms with E-state index in [4.69, 9.17) is 0 Å². The molecule has 21 heavy (non-hydrogen) atoms. The van der Waals surface area contributed by atoms with Crippen LogP contribution in [0, 0.1) is 0 Å². The smallest absolute Gasteiger partial charge is 0.254 e. The highest BCUT2D eigenvalue weighted by Gasteiger charge is 2.14. The Balaban J connectivity index is 1.73. The van der Waals surface area contributed by atoms with Crippen LogP contribution in [0.25, 0.3) is 5.69 Å². The molecule has 0 bridgehead atoms. The molecule has 0 fully saturated rings. The maximum atomic E-state index is 12.2. The fourth-order valence-corrected chi connectivity index (χ4v) is 2.02. The summed E-state index contributed by atoms with van der Waals surface area (Å²) in [7, 11) is 0. The summed E-state index contributed by atoms with van der Waals surface area (Å²) < 4.78 is 1.68. The van der Waals surface area contributed by atoms with Gasteiger partial charge in [0.2, 0.25) is 0 Å². The molecule has 2 heterocycles. The van der Waals surface area contributed by atoms with E-state index in [0.717, 1.165) is 11.3 Å². The number of nitrogens with one attached hydrogen (secondary N) is 2. The highest BCUT2D eigenvalue weighted by atomic mass is 16.1. The molecule has 3 rings (SSSR count). The first-order chi connectivity index (χ1) is 10.2. The van der Waals surface area contributed by atoms with Crippen LogP contribution in [0.1, 0.15) is 28.9 Å². The second-order valence-corrected chi connectivity index (χ2v) is 4.74. The molecule has 0 aliphatic heterocycles. The molecule has 0 spiro atoms. The van der Waals surface area contributed by atoms with Crippen LogP contribution in [0.5, 0.6) is 0 Å². The summed E-state index contributed by atoms with van der Waals surface area (Å²) in [5.41, 5.74) is 2.37. The van der Waals surface area contributed by atoms with Gasteiger partial charge in [0.1, 0.15) is 0 Å². The molecule has 0 saturated heterocycles. The Labute approximate surface area is 121 Å². The number of para-hydroxylation sites is 1. The maximum absolute atomic E-state index is 12.2. The highest BCUT2D eigenvalue weighted by molar-refractivity contribution is 5.94. The van der Waals surface area contributed by atoms with Crippen molar-refractivity contribution in [3.63, 3.8) is 0 Å². The van der Waals surface area contributed by atoms with Crippen molar-refractivity contribution in [1.82, 2.24) is 25.3 Å². The molecule has 2 aromatic heterocycles. The lowest BCUT2D eigenvalue weighted by Gasteiger charge is -2.10. The first-order valence-electron chi connectivity index (χ1n) is 6.63. The average molecular weight is 281 g/mol. The molecule has 1 amide bonds. The number of hydrogen-bond acceptors (Lipinski definition) is 3. The Kier molecular flexibility index (Phi) is 3.51. The second kappa shape index (κ2) is 5.62. The molecule has 0 saturated carbocycles. The number of carbonyl (C=O) groups is 1. The highest BCUT2D eigenvalue weighted by Crippen LogP contribution is 2.12. The zero-order valence-corrected chi connectivity index (χ0v) is 11.5. The van der Waals surface area contributed by atoms with Gasteiger partial charge in [-0.1, -0.05) is 18.2 Å². The molecular formula is C15H15N5O. The minimum Gasteiger partial charge on any atom is -0.345 e. The van der Waals surface area contributed by atoms with Gasteiger partial charge in [0, 0.05) is 18.0 Å². The van der Waals surface area contributed by atoms with Crippen molar-refractivity contribution in [2.75, 3.05) is 0 Å². The maximum Gasteiger partial charge on any atom is 0.254 e. The largest absolute Gasteiger partial charge is 0.345 e. The Morgan fingerprint density at radius 1 is 1.29 bits per heavy atom. The number of rotatable bonds is 4.